The number of aliphatic hydroxyl groups excluding tert-OH is 3. The largest absolute Gasteiger partial charge is 0.507 e. The Morgan fingerprint density at radius 3 is 2.46 bits per heavy atom. The Labute approximate surface area is 234 Å². The van der Waals surface area contributed by atoms with Gasteiger partial charge in [0.25, 0.3) is 5.79 Å². The predicted octanol–water partition coefficient (Wildman–Crippen LogP) is -0.0919. The third-order valence-corrected chi connectivity index (χ3v) is 8.39. The molecule has 0 bridgehead atoms. The van der Waals surface area contributed by atoms with E-state index in [4.69, 9.17) is 29.5 Å². The van der Waals surface area contributed by atoms with E-state index >= 15 is 0 Å². The number of nitrogens with two attached hydrogens (primary N) is 1. The quantitative estimate of drug-likeness (QED) is 0.225. The molecule has 2 aromatic rings. The fourth-order valence-corrected chi connectivity index (χ4v) is 5.85. The number of hydrogen-bond donors (Lipinski definition) is 8. The molecule has 4 aliphatic heterocycles. The number of phenolic OH excluding ortho intramolecular Hbond substituents is 3. The normalized spacial score (nSPS) is 35.5. The number of nitrogens with zero attached hydrogens (tertiary/aromatic N) is 1. The zero-order valence-electron chi connectivity index (χ0n) is 22.5. The van der Waals surface area contributed by atoms with Crippen LogP contribution in [-0.4, -0.2) is 85.7 Å². The lowest BCUT2D eigenvalue weighted by molar-refractivity contribution is -0.310. The van der Waals surface area contributed by atoms with Gasteiger partial charge in [0.05, 0.1) is 11.5 Å². The Kier molecular flexibility index (Phi) is 6.41. The summed E-state index contributed by atoms with van der Waals surface area (Å²) in [7, 11) is 0. The van der Waals surface area contributed by atoms with Gasteiger partial charge < -0.3 is 55.3 Å². The highest BCUT2D eigenvalue weighted by Crippen LogP contribution is 2.58. The number of phenols is 3. The molecule has 0 radical (unpaired) electrons. The van der Waals surface area contributed by atoms with E-state index in [1.165, 1.54) is 31.2 Å². The van der Waals surface area contributed by atoms with Crippen LogP contribution in [0.25, 0.3) is 0 Å². The van der Waals surface area contributed by atoms with Crippen molar-refractivity contribution in [2.75, 3.05) is 6.54 Å². The molecule has 4 aliphatic rings. The van der Waals surface area contributed by atoms with Gasteiger partial charge >= 0.3 is 0 Å². The summed E-state index contributed by atoms with van der Waals surface area (Å²) < 4.78 is 24.6. The number of ether oxygens (including phenoxy) is 4. The number of hydrogen-bond acceptors (Lipinski definition) is 14. The first-order valence-corrected chi connectivity index (χ1v) is 13.2. The summed E-state index contributed by atoms with van der Waals surface area (Å²) in [6.45, 7) is 5.35. The topological polar surface area (TPSA) is 218 Å². The van der Waals surface area contributed by atoms with Crippen molar-refractivity contribution >= 4 is 5.96 Å². The number of aliphatic hydroxyl groups is 3. The Hall–Kier alpha value is -3.53. The van der Waals surface area contributed by atoms with E-state index in [1.54, 1.807) is 0 Å². The number of aromatic hydroxyl groups is 3. The van der Waals surface area contributed by atoms with Crippen LogP contribution in [0.4, 0.5) is 0 Å². The van der Waals surface area contributed by atoms with Crippen molar-refractivity contribution in [3.8, 4) is 28.7 Å². The molecule has 0 aromatic heterocycles. The van der Waals surface area contributed by atoms with Gasteiger partial charge in [0.2, 0.25) is 5.96 Å². The van der Waals surface area contributed by atoms with Gasteiger partial charge in [-0.05, 0) is 38.5 Å². The summed E-state index contributed by atoms with van der Waals surface area (Å²) in [5, 5.41) is 62.4. The van der Waals surface area contributed by atoms with E-state index in [1.807, 2.05) is 13.8 Å². The summed E-state index contributed by atoms with van der Waals surface area (Å²) in [5.74, 6) is -1.47. The van der Waals surface area contributed by atoms with Gasteiger partial charge in [-0.1, -0.05) is 6.07 Å². The average molecular weight is 576 g/mol. The molecule has 1 saturated heterocycles. The van der Waals surface area contributed by atoms with Crippen molar-refractivity contribution in [3.63, 3.8) is 0 Å². The van der Waals surface area contributed by atoms with E-state index in [9.17, 15) is 30.6 Å². The maximum Gasteiger partial charge on any atom is 0.262 e. The molecule has 1 fully saturated rings. The van der Waals surface area contributed by atoms with E-state index in [-0.39, 0.29) is 30.4 Å². The second kappa shape index (κ2) is 9.51. The van der Waals surface area contributed by atoms with Crippen LogP contribution in [0.2, 0.25) is 0 Å². The van der Waals surface area contributed by atoms with Gasteiger partial charge in [-0.3, -0.25) is 0 Å². The molecule has 0 saturated carbocycles. The smallest absolute Gasteiger partial charge is 0.262 e. The van der Waals surface area contributed by atoms with E-state index in [0.29, 0.717) is 28.2 Å². The standard InChI is InChI=1S/C27H33N3O11/c1-10-19(34)20(35)21(36)24(37-10)38-17-7-12-14(32)8-16-18(26(2,3)27(40-16)9-29-25(28)30-41-27)23(12)39-22(17)11-4-5-13(31)15(33)6-11/h4-6,8,10,17,19-22,24,31-36H,7,9H2,1-3H3,(H3,28,29,30)/t10-,17-,19-,20+,21+,22+,24-,27-/m0/s1. The molecule has 1 spiro atoms. The lowest BCUT2D eigenvalue weighted by atomic mass is 9.76. The minimum absolute atomic E-state index is 0.0493. The molecule has 2 aromatic carbocycles. The molecule has 6 rings (SSSR count). The van der Waals surface area contributed by atoms with Crippen LogP contribution in [0.5, 0.6) is 28.7 Å². The lowest BCUT2D eigenvalue weighted by Crippen LogP contribution is -2.60. The van der Waals surface area contributed by atoms with Crippen molar-refractivity contribution in [1.29, 1.82) is 0 Å². The highest BCUT2D eigenvalue weighted by molar-refractivity contribution is 5.77. The molecule has 0 amide bonds. The maximum absolute atomic E-state index is 11.1. The lowest BCUT2D eigenvalue weighted by Gasteiger charge is -2.43. The minimum Gasteiger partial charge on any atom is -0.507 e. The van der Waals surface area contributed by atoms with Gasteiger partial charge in [0, 0.05) is 23.6 Å². The second-order valence-corrected chi connectivity index (χ2v) is 11.3. The van der Waals surface area contributed by atoms with Crippen LogP contribution in [0.15, 0.2) is 29.3 Å². The number of rotatable bonds is 3. The molecule has 4 heterocycles. The second-order valence-electron chi connectivity index (χ2n) is 11.3. The first-order valence-electron chi connectivity index (χ1n) is 13.2. The third-order valence-electron chi connectivity index (χ3n) is 8.39. The molecule has 222 valence electrons. The molecule has 8 atom stereocenters. The van der Waals surface area contributed by atoms with Gasteiger partial charge in [-0.25, -0.2) is 15.3 Å². The van der Waals surface area contributed by atoms with E-state index < -0.39 is 59.9 Å². The SMILES string of the molecule is C[C@@H]1O[C@@H](O[C@H]2Cc3c(O)cc4c(c3O[C@@H]2c2ccc(O)c(O)c2)C(C)(C)[C@@]2(CN=C(N)NO2)O4)[C@H](O)[C@H](O)[C@H]1O. The first kappa shape index (κ1) is 27.6. The number of fused-ring (bicyclic) bond motifs is 3. The first-order chi connectivity index (χ1) is 19.3. The van der Waals surface area contributed by atoms with Crippen molar-refractivity contribution in [2.45, 2.75) is 81.3 Å². The summed E-state index contributed by atoms with van der Waals surface area (Å²) in [5.41, 5.74) is 8.79. The van der Waals surface area contributed by atoms with Crippen LogP contribution in [0, 0.1) is 0 Å². The number of nitrogens with one attached hydrogen (secondary N) is 1. The number of benzene rings is 2. The Bertz CT molecular complexity index is 1400. The highest BCUT2D eigenvalue weighted by Gasteiger charge is 2.60. The molecule has 0 aliphatic carbocycles. The highest BCUT2D eigenvalue weighted by atomic mass is 16.8. The molecule has 0 unspecified atom stereocenters. The fraction of sp³-hybridized carbons (Fsp3) is 0.519. The van der Waals surface area contributed by atoms with Crippen LogP contribution >= 0.6 is 0 Å². The monoisotopic (exact) mass is 575 g/mol. The molecule has 41 heavy (non-hydrogen) atoms. The van der Waals surface area contributed by atoms with E-state index in [2.05, 4.69) is 10.5 Å². The van der Waals surface area contributed by atoms with Crippen molar-refractivity contribution in [1.82, 2.24) is 5.48 Å². The average Bonchev–Trinajstić information content (AvgIpc) is 3.14. The zero-order valence-corrected chi connectivity index (χ0v) is 22.5. The summed E-state index contributed by atoms with van der Waals surface area (Å²) in [4.78, 5) is 10.1. The van der Waals surface area contributed by atoms with Crippen LogP contribution < -0.4 is 20.7 Å². The maximum atomic E-state index is 11.1. The summed E-state index contributed by atoms with van der Waals surface area (Å²) in [6.07, 6.45) is -8.47. The van der Waals surface area contributed by atoms with Gasteiger partial charge in [0.1, 0.15) is 48.2 Å². The zero-order chi connectivity index (χ0) is 29.4. The molecule has 9 N–H and O–H groups in total. The Morgan fingerprint density at radius 1 is 1.02 bits per heavy atom. The van der Waals surface area contributed by atoms with Crippen LogP contribution in [-0.2, 0) is 26.1 Å². The Morgan fingerprint density at radius 2 is 1.78 bits per heavy atom. The van der Waals surface area contributed by atoms with Gasteiger partial charge in [0.15, 0.2) is 23.9 Å². The molecule has 14 heteroatoms. The predicted molar refractivity (Wildman–Crippen MR) is 139 cm³/mol. The van der Waals surface area contributed by atoms with Crippen molar-refractivity contribution in [2.24, 2.45) is 10.7 Å². The van der Waals surface area contributed by atoms with Gasteiger partial charge in [-0.15, -0.1) is 0 Å². The van der Waals surface area contributed by atoms with Crippen LogP contribution in [0.1, 0.15) is 43.6 Å². The Balaban J connectivity index is 1.42. The van der Waals surface area contributed by atoms with Crippen molar-refractivity contribution < 1.29 is 54.4 Å². The van der Waals surface area contributed by atoms with Gasteiger partial charge in [-0.2, -0.15) is 0 Å². The van der Waals surface area contributed by atoms with E-state index in [0.717, 1.165) is 0 Å². The third kappa shape index (κ3) is 4.21. The molecule has 14 nitrogen and oxygen atoms in total. The van der Waals surface area contributed by atoms with Crippen molar-refractivity contribution in [3.05, 3.63) is 41.0 Å². The summed E-state index contributed by atoms with van der Waals surface area (Å²) in [6, 6.07) is 5.61. The number of hydroxylamine groups is 1. The number of aliphatic imine (C=N–C) groups is 1. The van der Waals surface area contributed by atoms with Crippen LogP contribution in [0.3, 0.4) is 0 Å². The molecular weight excluding hydrogens is 542 g/mol. The molecular formula is C27H33N3O11. The minimum atomic E-state index is -1.58. The number of guanidine groups is 1. The fourth-order valence-electron chi connectivity index (χ4n) is 5.85. The summed E-state index contributed by atoms with van der Waals surface area (Å²) >= 11 is 0.